The Morgan fingerprint density at radius 1 is 0.905 bits per heavy atom. The summed E-state index contributed by atoms with van der Waals surface area (Å²) >= 11 is 1.19. The number of thioether (sulfide) groups is 1. The molecule has 0 unspecified atom stereocenters. The molecular weight excluding hydrogens is 282 g/mol. The molecule has 2 aromatic carbocycles. The van der Waals surface area contributed by atoms with Crippen LogP contribution in [0.1, 0.15) is 11.1 Å². The van der Waals surface area contributed by atoms with Crippen molar-refractivity contribution in [3.63, 3.8) is 0 Å². The highest BCUT2D eigenvalue weighted by atomic mass is 32.2. The molecule has 106 valence electrons. The molecular formula is C17H15NO2S. The number of nitrogens with zero attached hydrogens (tertiary/aromatic N) is 1. The molecule has 1 heterocycles. The van der Waals surface area contributed by atoms with Crippen LogP contribution < -0.4 is 0 Å². The second kappa shape index (κ2) is 5.37. The fourth-order valence-electron chi connectivity index (χ4n) is 2.72. The highest BCUT2D eigenvalue weighted by Crippen LogP contribution is 2.41. The summed E-state index contributed by atoms with van der Waals surface area (Å²) in [5.41, 5.74) is 1.05. The van der Waals surface area contributed by atoms with Crippen LogP contribution in [0.25, 0.3) is 0 Å². The van der Waals surface area contributed by atoms with E-state index in [1.807, 2.05) is 60.7 Å². The highest BCUT2D eigenvalue weighted by molar-refractivity contribution is 8.13. The van der Waals surface area contributed by atoms with E-state index in [9.17, 15) is 9.59 Å². The molecule has 0 aliphatic carbocycles. The molecule has 2 aromatic rings. The van der Waals surface area contributed by atoms with Crippen molar-refractivity contribution < 1.29 is 9.59 Å². The molecule has 0 aromatic heterocycles. The maximum absolute atomic E-state index is 13.0. The van der Waals surface area contributed by atoms with Crippen molar-refractivity contribution in [1.29, 1.82) is 0 Å². The number of likely N-dealkylation sites (N-methyl/N-ethyl adjacent to an activating group) is 1. The third-order valence-electron chi connectivity index (χ3n) is 3.89. The second-order valence-corrected chi connectivity index (χ2v) is 5.98. The van der Waals surface area contributed by atoms with Gasteiger partial charge in [0.25, 0.3) is 5.24 Å². The number of amides is 2. The van der Waals surface area contributed by atoms with Gasteiger partial charge in [0.15, 0.2) is 0 Å². The summed E-state index contributed by atoms with van der Waals surface area (Å²) in [6.07, 6.45) is 0. The van der Waals surface area contributed by atoms with Crippen LogP contribution >= 0.6 is 11.8 Å². The first kappa shape index (κ1) is 13.9. The molecule has 1 fully saturated rings. The molecule has 21 heavy (non-hydrogen) atoms. The number of imide groups is 1. The lowest BCUT2D eigenvalue weighted by molar-refractivity contribution is -0.131. The summed E-state index contributed by atoms with van der Waals surface area (Å²) < 4.78 is 0. The Morgan fingerprint density at radius 3 is 1.86 bits per heavy atom. The van der Waals surface area contributed by atoms with Crippen LogP contribution in [0, 0.1) is 0 Å². The predicted molar refractivity (Wildman–Crippen MR) is 84.3 cm³/mol. The van der Waals surface area contributed by atoms with Crippen molar-refractivity contribution in [3.05, 3.63) is 71.8 Å². The number of carbonyl (C=O) groups excluding carboxylic acids is 2. The number of rotatable bonds is 2. The van der Waals surface area contributed by atoms with E-state index in [1.165, 1.54) is 16.7 Å². The standard InChI is InChI=1S/C17H15NO2S/c1-18-15(19)17(12-21-16(18)20,13-8-4-2-5-9-13)14-10-6-3-7-11-14/h2-11H,12H2,1H3. The van der Waals surface area contributed by atoms with Crippen molar-refractivity contribution >= 4 is 22.9 Å². The fourth-order valence-corrected chi connectivity index (χ4v) is 3.80. The molecule has 0 atom stereocenters. The van der Waals surface area contributed by atoms with Gasteiger partial charge in [-0.15, -0.1) is 0 Å². The zero-order chi connectivity index (χ0) is 14.9. The summed E-state index contributed by atoms with van der Waals surface area (Å²) in [5.74, 6) is 0.270. The first-order valence-corrected chi connectivity index (χ1v) is 7.71. The third-order valence-corrected chi connectivity index (χ3v) is 4.99. The number of carbonyl (C=O) groups is 2. The third kappa shape index (κ3) is 2.16. The van der Waals surface area contributed by atoms with E-state index >= 15 is 0 Å². The molecule has 0 saturated carbocycles. The highest BCUT2D eigenvalue weighted by Gasteiger charge is 2.48. The number of hydrogen-bond acceptors (Lipinski definition) is 3. The zero-order valence-corrected chi connectivity index (χ0v) is 12.5. The zero-order valence-electron chi connectivity index (χ0n) is 11.7. The van der Waals surface area contributed by atoms with E-state index in [4.69, 9.17) is 0 Å². The van der Waals surface area contributed by atoms with Crippen LogP contribution in [0.2, 0.25) is 0 Å². The average Bonchev–Trinajstić information content (AvgIpc) is 2.55. The van der Waals surface area contributed by atoms with Gasteiger partial charge in [-0.3, -0.25) is 14.5 Å². The number of hydrogen-bond donors (Lipinski definition) is 0. The quantitative estimate of drug-likeness (QED) is 0.853. The van der Waals surface area contributed by atoms with E-state index in [1.54, 1.807) is 7.05 Å². The van der Waals surface area contributed by atoms with E-state index in [0.29, 0.717) is 5.75 Å². The molecule has 0 N–H and O–H groups in total. The van der Waals surface area contributed by atoms with Crippen molar-refractivity contribution in [1.82, 2.24) is 4.90 Å². The Morgan fingerprint density at radius 2 is 1.38 bits per heavy atom. The van der Waals surface area contributed by atoms with Crippen LogP contribution in [-0.4, -0.2) is 28.8 Å². The van der Waals surface area contributed by atoms with Gasteiger partial charge in [0.2, 0.25) is 5.91 Å². The SMILES string of the molecule is CN1C(=O)SCC(c2ccccc2)(c2ccccc2)C1=O. The summed E-state index contributed by atoms with van der Waals surface area (Å²) in [6, 6.07) is 19.4. The summed E-state index contributed by atoms with van der Waals surface area (Å²) in [4.78, 5) is 26.0. The first-order chi connectivity index (χ1) is 10.2. The van der Waals surface area contributed by atoms with Crippen molar-refractivity contribution in [2.45, 2.75) is 5.41 Å². The maximum atomic E-state index is 13.0. The lowest BCUT2D eigenvalue weighted by atomic mass is 9.74. The molecule has 1 aliphatic rings. The van der Waals surface area contributed by atoms with Crippen LogP contribution in [0.3, 0.4) is 0 Å². The largest absolute Gasteiger partial charge is 0.288 e. The van der Waals surface area contributed by atoms with Crippen molar-refractivity contribution in [2.24, 2.45) is 0 Å². The average molecular weight is 297 g/mol. The van der Waals surface area contributed by atoms with Crippen molar-refractivity contribution in [2.75, 3.05) is 12.8 Å². The van der Waals surface area contributed by atoms with Gasteiger partial charge >= 0.3 is 0 Å². The molecule has 0 spiro atoms. The Bertz CT molecular complexity index is 630. The minimum atomic E-state index is -0.796. The van der Waals surface area contributed by atoms with E-state index in [2.05, 4.69) is 0 Å². The Balaban J connectivity index is 2.22. The summed E-state index contributed by atoms with van der Waals surface area (Å²) in [6.45, 7) is 0. The van der Waals surface area contributed by atoms with Crippen LogP contribution in [0.4, 0.5) is 4.79 Å². The second-order valence-electron chi connectivity index (χ2n) is 5.06. The van der Waals surface area contributed by atoms with E-state index in [-0.39, 0.29) is 11.1 Å². The summed E-state index contributed by atoms with van der Waals surface area (Å²) in [5, 5.41) is -0.192. The molecule has 1 aliphatic heterocycles. The van der Waals surface area contributed by atoms with Gasteiger partial charge in [0.1, 0.15) is 5.41 Å². The lowest BCUT2D eigenvalue weighted by Crippen LogP contribution is -2.53. The molecule has 3 nitrogen and oxygen atoms in total. The molecule has 4 heteroatoms. The van der Waals surface area contributed by atoms with Gasteiger partial charge < -0.3 is 0 Å². The van der Waals surface area contributed by atoms with Gasteiger partial charge in [0.05, 0.1) is 0 Å². The lowest BCUT2D eigenvalue weighted by Gasteiger charge is -2.39. The maximum Gasteiger partial charge on any atom is 0.288 e. The molecule has 3 rings (SSSR count). The fraction of sp³-hybridized carbons (Fsp3) is 0.176. The van der Waals surface area contributed by atoms with Gasteiger partial charge in [-0.05, 0) is 11.1 Å². The molecule has 1 saturated heterocycles. The topological polar surface area (TPSA) is 37.4 Å². The molecule has 0 bridgehead atoms. The van der Waals surface area contributed by atoms with Gasteiger partial charge in [-0.25, -0.2) is 0 Å². The van der Waals surface area contributed by atoms with Gasteiger partial charge in [-0.2, -0.15) is 0 Å². The monoisotopic (exact) mass is 297 g/mol. The predicted octanol–water partition coefficient (Wildman–Crippen LogP) is 3.30. The van der Waals surface area contributed by atoms with Crippen molar-refractivity contribution in [3.8, 4) is 0 Å². The minimum Gasteiger partial charge on any atom is -0.275 e. The first-order valence-electron chi connectivity index (χ1n) is 6.72. The van der Waals surface area contributed by atoms with Crippen LogP contribution in [0.15, 0.2) is 60.7 Å². The Hall–Kier alpha value is -2.07. The molecule has 2 amide bonds. The summed E-state index contributed by atoms with van der Waals surface area (Å²) in [7, 11) is 1.55. The smallest absolute Gasteiger partial charge is 0.275 e. The Kier molecular flexibility index (Phi) is 3.55. The molecule has 0 radical (unpaired) electrons. The minimum absolute atomic E-state index is 0.163. The van der Waals surface area contributed by atoms with Crippen LogP contribution in [-0.2, 0) is 10.2 Å². The number of benzene rings is 2. The van der Waals surface area contributed by atoms with Gasteiger partial charge in [0, 0.05) is 12.8 Å². The van der Waals surface area contributed by atoms with Crippen LogP contribution in [0.5, 0.6) is 0 Å². The van der Waals surface area contributed by atoms with Gasteiger partial charge in [-0.1, -0.05) is 72.4 Å². The van der Waals surface area contributed by atoms with E-state index < -0.39 is 5.41 Å². The Labute approximate surface area is 128 Å². The van der Waals surface area contributed by atoms with E-state index in [0.717, 1.165) is 11.1 Å². The normalized spacial score (nSPS) is 17.9.